The molecule has 20 heavy (non-hydrogen) atoms. The van der Waals surface area contributed by atoms with Gasteiger partial charge in [-0.15, -0.1) is 0 Å². The number of methoxy groups -OCH3 is 2. The largest absolute Gasteiger partial charge is 0.466 e. The minimum absolute atomic E-state index is 0.277. The molecule has 0 saturated heterocycles. The molecule has 0 fully saturated rings. The van der Waals surface area contributed by atoms with Gasteiger partial charge in [0.1, 0.15) is 0 Å². The van der Waals surface area contributed by atoms with E-state index in [0.717, 1.165) is 15.7 Å². The number of benzene rings is 1. The van der Waals surface area contributed by atoms with E-state index in [4.69, 9.17) is 9.47 Å². The van der Waals surface area contributed by atoms with E-state index in [2.05, 4.69) is 21.2 Å². The predicted octanol–water partition coefficient (Wildman–Crippen LogP) is 3.52. The third-order valence-corrected chi connectivity index (χ3v) is 3.62. The fourth-order valence-corrected chi connectivity index (χ4v) is 2.28. The Labute approximate surface area is 128 Å². The number of halogens is 1. The van der Waals surface area contributed by atoms with Crippen LogP contribution >= 0.6 is 15.9 Å². The van der Waals surface area contributed by atoms with Gasteiger partial charge in [-0.05, 0) is 18.6 Å². The lowest BCUT2D eigenvalue weighted by atomic mass is 10.1. The molecular formula is C15H20BrNO3. The van der Waals surface area contributed by atoms with E-state index in [0.29, 0.717) is 25.1 Å². The Kier molecular flexibility index (Phi) is 7.33. The number of hydrogen-bond acceptors (Lipinski definition) is 4. The Bertz CT molecular complexity index is 486. The molecule has 0 spiro atoms. The average Bonchev–Trinajstić information content (AvgIpc) is 2.46. The van der Waals surface area contributed by atoms with Crippen LogP contribution in [0.25, 0.3) is 0 Å². The molecule has 0 aromatic heterocycles. The van der Waals surface area contributed by atoms with Gasteiger partial charge in [0.15, 0.2) is 0 Å². The highest BCUT2D eigenvalue weighted by Gasteiger charge is 2.08. The SMILES string of the molecule is CC/C(=C/CNc1cccc(Br)c1COC)C(=O)OC. The molecule has 0 radical (unpaired) electrons. The summed E-state index contributed by atoms with van der Waals surface area (Å²) in [5, 5.41) is 3.29. The number of carbonyl (C=O) groups is 1. The molecule has 0 aliphatic heterocycles. The maximum absolute atomic E-state index is 11.5. The smallest absolute Gasteiger partial charge is 0.333 e. The maximum atomic E-state index is 11.5. The van der Waals surface area contributed by atoms with Crippen molar-refractivity contribution in [1.29, 1.82) is 0 Å². The summed E-state index contributed by atoms with van der Waals surface area (Å²) in [5.41, 5.74) is 2.71. The Morgan fingerprint density at radius 2 is 2.15 bits per heavy atom. The highest BCUT2D eigenvalue weighted by molar-refractivity contribution is 9.10. The second kappa shape index (κ2) is 8.76. The van der Waals surface area contributed by atoms with Crippen molar-refractivity contribution < 1.29 is 14.3 Å². The van der Waals surface area contributed by atoms with Gasteiger partial charge in [0.05, 0.1) is 13.7 Å². The van der Waals surface area contributed by atoms with Crippen molar-refractivity contribution in [3.8, 4) is 0 Å². The topological polar surface area (TPSA) is 47.6 Å². The van der Waals surface area contributed by atoms with Gasteiger partial charge in [-0.2, -0.15) is 0 Å². The molecule has 0 saturated carbocycles. The van der Waals surface area contributed by atoms with Crippen LogP contribution in [0, 0.1) is 0 Å². The molecule has 1 rings (SSSR count). The lowest BCUT2D eigenvalue weighted by Crippen LogP contribution is -2.08. The Hall–Kier alpha value is -1.33. The van der Waals surface area contributed by atoms with Gasteiger partial charge in [0, 0.05) is 35.0 Å². The number of hydrogen-bond donors (Lipinski definition) is 1. The number of rotatable bonds is 7. The molecule has 4 nitrogen and oxygen atoms in total. The molecule has 110 valence electrons. The van der Waals surface area contributed by atoms with E-state index in [1.165, 1.54) is 7.11 Å². The molecule has 0 bridgehead atoms. The summed E-state index contributed by atoms with van der Waals surface area (Å²) in [7, 11) is 3.06. The minimum Gasteiger partial charge on any atom is -0.466 e. The highest BCUT2D eigenvalue weighted by Crippen LogP contribution is 2.25. The Balaban J connectivity index is 2.77. The molecule has 1 aromatic carbocycles. The first-order chi connectivity index (χ1) is 9.63. The van der Waals surface area contributed by atoms with Crippen LogP contribution in [-0.2, 0) is 20.9 Å². The van der Waals surface area contributed by atoms with E-state index in [1.54, 1.807) is 7.11 Å². The first-order valence-electron chi connectivity index (χ1n) is 6.41. The Morgan fingerprint density at radius 1 is 1.40 bits per heavy atom. The number of nitrogens with one attached hydrogen (secondary N) is 1. The monoisotopic (exact) mass is 341 g/mol. The normalized spacial score (nSPS) is 11.3. The Morgan fingerprint density at radius 3 is 2.75 bits per heavy atom. The van der Waals surface area contributed by atoms with Crippen molar-refractivity contribution >= 4 is 27.6 Å². The molecule has 1 N–H and O–H groups in total. The van der Waals surface area contributed by atoms with Gasteiger partial charge in [-0.1, -0.05) is 35.0 Å². The minimum atomic E-state index is -0.277. The van der Waals surface area contributed by atoms with Gasteiger partial charge in [0.2, 0.25) is 0 Å². The summed E-state index contributed by atoms with van der Waals surface area (Å²) in [4.78, 5) is 11.5. The zero-order chi connectivity index (χ0) is 15.0. The molecule has 5 heteroatoms. The molecule has 0 atom stereocenters. The van der Waals surface area contributed by atoms with E-state index in [1.807, 2.05) is 31.2 Å². The fraction of sp³-hybridized carbons (Fsp3) is 0.400. The predicted molar refractivity (Wildman–Crippen MR) is 83.7 cm³/mol. The summed E-state index contributed by atoms with van der Waals surface area (Å²) in [6.07, 6.45) is 2.50. The molecule has 1 aromatic rings. The third-order valence-electron chi connectivity index (χ3n) is 2.88. The third kappa shape index (κ3) is 4.65. The molecule has 0 heterocycles. The number of anilines is 1. The van der Waals surface area contributed by atoms with Gasteiger partial charge in [-0.3, -0.25) is 0 Å². The first-order valence-corrected chi connectivity index (χ1v) is 7.20. The van der Waals surface area contributed by atoms with Crippen LogP contribution in [0.1, 0.15) is 18.9 Å². The van der Waals surface area contributed by atoms with E-state index < -0.39 is 0 Å². The van der Waals surface area contributed by atoms with E-state index in [9.17, 15) is 4.79 Å². The molecule has 0 aliphatic carbocycles. The van der Waals surface area contributed by atoms with Gasteiger partial charge < -0.3 is 14.8 Å². The number of ether oxygens (including phenoxy) is 2. The standard InChI is InChI=1S/C15H20BrNO3/c1-4-11(15(18)20-3)8-9-17-14-7-5-6-13(16)12(14)10-19-2/h5-8,17H,4,9-10H2,1-3H3/b11-8-. The zero-order valence-corrected chi connectivity index (χ0v) is 13.6. The van der Waals surface area contributed by atoms with Crippen LogP contribution in [0.4, 0.5) is 5.69 Å². The highest BCUT2D eigenvalue weighted by atomic mass is 79.9. The van der Waals surface area contributed by atoms with Crippen LogP contribution in [0.15, 0.2) is 34.3 Å². The molecule has 0 unspecified atom stereocenters. The van der Waals surface area contributed by atoms with Crippen LogP contribution in [-0.4, -0.2) is 26.7 Å². The quantitative estimate of drug-likeness (QED) is 0.608. The van der Waals surface area contributed by atoms with Crippen molar-refractivity contribution in [2.75, 3.05) is 26.1 Å². The van der Waals surface area contributed by atoms with Crippen molar-refractivity contribution in [3.63, 3.8) is 0 Å². The fourth-order valence-electron chi connectivity index (χ4n) is 1.80. The first kappa shape index (κ1) is 16.7. The summed E-state index contributed by atoms with van der Waals surface area (Å²) < 4.78 is 10.9. The summed E-state index contributed by atoms with van der Waals surface area (Å²) in [6.45, 7) is 3.01. The van der Waals surface area contributed by atoms with E-state index in [-0.39, 0.29) is 5.97 Å². The lowest BCUT2D eigenvalue weighted by molar-refractivity contribution is -0.136. The number of esters is 1. The van der Waals surface area contributed by atoms with Crippen molar-refractivity contribution in [3.05, 3.63) is 39.9 Å². The second-order valence-electron chi connectivity index (χ2n) is 4.15. The van der Waals surface area contributed by atoms with Crippen LogP contribution in [0.3, 0.4) is 0 Å². The van der Waals surface area contributed by atoms with Gasteiger partial charge >= 0.3 is 5.97 Å². The van der Waals surface area contributed by atoms with Gasteiger partial charge in [-0.25, -0.2) is 4.79 Å². The molecular weight excluding hydrogens is 322 g/mol. The summed E-state index contributed by atoms with van der Waals surface area (Å²) in [5.74, 6) is -0.277. The lowest BCUT2D eigenvalue weighted by Gasteiger charge is -2.12. The second-order valence-corrected chi connectivity index (χ2v) is 5.01. The van der Waals surface area contributed by atoms with Crippen LogP contribution in [0.2, 0.25) is 0 Å². The van der Waals surface area contributed by atoms with E-state index >= 15 is 0 Å². The molecule has 0 amide bonds. The van der Waals surface area contributed by atoms with Crippen LogP contribution in [0.5, 0.6) is 0 Å². The zero-order valence-electron chi connectivity index (χ0n) is 12.0. The van der Waals surface area contributed by atoms with Gasteiger partial charge in [0.25, 0.3) is 0 Å². The van der Waals surface area contributed by atoms with Crippen molar-refractivity contribution in [2.45, 2.75) is 20.0 Å². The molecule has 0 aliphatic rings. The maximum Gasteiger partial charge on any atom is 0.333 e. The van der Waals surface area contributed by atoms with Crippen LogP contribution < -0.4 is 5.32 Å². The summed E-state index contributed by atoms with van der Waals surface area (Å²) >= 11 is 3.51. The summed E-state index contributed by atoms with van der Waals surface area (Å²) in [6, 6.07) is 5.91. The number of carbonyl (C=O) groups excluding carboxylic acids is 1. The average molecular weight is 342 g/mol. The van der Waals surface area contributed by atoms with Crippen molar-refractivity contribution in [1.82, 2.24) is 0 Å². The van der Waals surface area contributed by atoms with Crippen molar-refractivity contribution in [2.24, 2.45) is 0 Å².